The van der Waals surface area contributed by atoms with E-state index in [0.717, 1.165) is 37.6 Å². The standard InChI is InChI=1S/C26H24N8O3/c35-25(17-1-3-18(4-2-17)26(36)37)31-20-5-6-21(32-22-16-28-9-10-29-22)33-24(20)19-7-8-30-23(15-19)34-13-11-27-12-14-34/h1-10,15-16,27H,11-14H2,(H,31,35)(H,36,37)(H,29,32,33). The number of anilines is 4. The van der Waals surface area contributed by atoms with E-state index in [1.54, 1.807) is 36.9 Å². The van der Waals surface area contributed by atoms with Gasteiger partial charge in [-0.05, 0) is 48.5 Å². The van der Waals surface area contributed by atoms with Crippen molar-refractivity contribution in [1.29, 1.82) is 0 Å². The Morgan fingerprint density at radius 2 is 1.68 bits per heavy atom. The first-order valence-electron chi connectivity index (χ1n) is 11.7. The van der Waals surface area contributed by atoms with E-state index >= 15 is 0 Å². The van der Waals surface area contributed by atoms with Crippen molar-refractivity contribution in [3.05, 3.63) is 84.4 Å². The molecule has 4 heterocycles. The number of carboxylic acid groups (broad SMARTS) is 1. The number of piperazine rings is 1. The van der Waals surface area contributed by atoms with Crippen molar-refractivity contribution >= 4 is 35.0 Å². The van der Waals surface area contributed by atoms with E-state index in [2.05, 4.69) is 35.8 Å². The molecule has 1 saturated heterocycles. The van der Waals surface area contributed by atoms with Crippen molar-refractivity contribution in [2.45, 2.75) is 0 Å². The highest BCUT2D eigenvalue weighted by molar-refractivity contribution is 6.06. The van der Waals surface area contributed by atoms with Crippen LogP contribution < -0.4 is 20.9 Å². The third-order valence-electron chi connectivity index (χ3n) is 5.82. The maximum atomic E-state index is 13.0. The van der Waals surface area contributed by atoms with Crippen LogP contribution in [0.2, 0.25) is 0 Å². The summed E-state index contributed by atoms with van der Waals surface area (Å²) >= 11 is 0. The summed E-state index contributed by atoms with van der Waals surface area (Å²) in [6.45, 7) is 3.44. The zero-order chi connectivity index (χ0) is 25.6. The van der Waals surface area contributed by atoms with Crippen LogP contribution in [0.25, 0.3) is 11.3 Å². The summed E-state index contributed by atoms with van der Waals surface area (Å²) in [4.78, 5) is 44.0. The van der Waals surface area contributed by atoms with Crippen LogP contribution in [0, 0.1) is 0 Å². The lowest BCUT2D eigenvalue weighted by Gasteiger charge is -2.28. The second-order valence-electron chi connectivity index (χ2n) is 8.28. The quantitative estimate of drug-likeness (QED) is 0.301. The topological polar surface area (TPSA) is 145 Å². The Balaban J connectivity index is 1.48. The van der Waals surface area contributed by atoms with Crippen LogP contribution in [0.4, 0.5) is 23.1 Å². The van der Waals surface area contributed by atoms with Crippen LogP contribution in [-0.4, -0.2) is 63.1 Å². The Hall–Kier alpha value is -4.90. The van der Waals surface area contributed by atoms with Crippen LogP contribution >= 0.6 is 0 Å². The van der Waals surface area contributed by atoms with Gasteiger partial charge in [0.1, 0.15) is 17.5 Å². The largest absolute Gasteiger partial charge is 0.478 e. The minimum atomic E-state index is -1.05. The van der Waals surface area contributed by atoms with Gasteiger partial charge in [0.05, 0.1) is 23.1 Å². The molecule has 4 N–H and O–H groups in total. The molecule has 11 heteroatoms. The molecule has 11 nitrogen and oxygen atoms in total. The van der Waals surface area contributed by atoms with Crippen molar-refractivity contribution < 1.29 is 14.7 Å². The Labute approximate surface area is 212 Å². The van der Waals surface area contributed by atoms with Crippen LogP contribution in [0.1, 0.15) is 20.7 Å². The molecule has 1 amide bonds. The molecule has 0 spiro atoms. The lowest BCUT2D eigenvalue weighted by molar-refractivity contribution is 0.0696. The molecule has 0 atom stereocenters. The first-order valence-corrected chi connectivity index (χ1v) is 11.7. The second-order valence-corrected chi connectivity index (χ2v) is 8.28. The van der Waals surface area contributed by atoms with Gasteiger partial charge in [0, 0.05) is 55.9 Å². The van der Waals surface area contributed by atoms with E-state index < -0.39 is 5.97 Å². The van der Waals surface area contributed by atoms with Gasteiger partial charge in [-0.15, -0.1) is 0 Å². The molecule has 0 saturated carbocycles. The molecule has 0 aliphatic carbocycles. The van der Waals surface area contributed by atoms with E-state index in [4.69, 9.17) is 10.1 Å². The lowest BCUT2D eigenvalue weighted by atomic mass is 10.1. The molecule has 186 valence electrons. The summed E-state index contributed by atoms with van der Waals surface area (Å²) in [6.07, 6.45) is 6.48. The molecular weight excluding hydrogens is 472 g/mol. The van der Waals surface area contributed by atoms with E-state index in [0.29, 0.717) is 28.6 Å². The second kappa shape index (κ2) is 10.8. The average Bonchev–Trinajstić information content (AvgIpc) is 2.95. The number of amides is 1. The molecule has 37 heavy (non-hydrogen) atoms. The summed E-state index contributed by atoms with van der Waals surface area (Å²) in [5.74, 6) is 0.454. The molecule has 1 aliphatic rings. The number of carbonyl (C=O) groups excluding carboxylic acids is 1. The number of aromatic carboxylic acids is 1. The predicted octanol–water partition coefficient (Wildman–Crippen LogP) is 3.04. The monoisotopic (exact) mass is 496 g/mol. The SMILES string of the molecule is O=C(O)c1ccc(C(=O)Nc2ccc(Nc3cnccn3)nc2-c2ccnc(N3CCNCC3)c2)cc1. The number of carboxylic acids is 1. The normalized spacial score (nSPS) is 13.1. The Morgan fingerprint density at radius 1 is 0.892 bits per heavy atom. The molecule has 5 rings (SSSR count). The maximum Gasteiger partial charge on any atom is 0.335 e. The third-order valence-corrected chi connectivity index (χ3v) is 5.82. The molecule has 1 fully saturated rings. The molecular formula is C26H24N8O3. The molecule has 1 aromatic carbocycles. The number of aromatic nitrogens is 4. The zero-order valence-corrected chi connectivity index (χ0v) is 19.8. The molecule has 3 aromatic heterocycles. The summed E-state index contributed by atoms with van der Waals surface area (Å²) in [5.41, 5.74) is 2.25. The van der Waals surface area contributed by atoms with Gasteiger partial charge in [-0.25, -0.2) is 19.7 Å². The minimum absolute atomic E-state index is 0.107. The van der Waals surface area contributed by atoms with Gasteiger partial charge in [0.15, 0.2) is 0 Å². The number of nitrogens with one attached hydrogen (secondary N) is 3. The Bertz CT molecular complexity index is 1410. The van der Waals surface area contributed by atoms with Gasteiger partial charge >= 0.3 is 5.97 Å². The van der Waals surface area contributed by atoms with E-state index in [1.165, 1.54) is 24.3 Å². The highest BCUT2D eigenvalue weighted by Crippen LogP contribution is 2.31. The first-order chi connectivity index (χ1) is 18.1. The lowest BCUT2D eigenvalue weighted by Crippen LogP contribution is -2.43. The Morgan fingerprint density at radius 3 is 2.41 bits per heavy atom. The van der Waals surface area contributed by atoms with Gasteiger partial charge in [-0.1, -0.05) is 0 Å². The summed E-state index contributed by atoms with van der Waals surface area (Å²) in [5, 5.41) is 18.5. The van der Waals surface area contributed by atoms with Gasteiger partial charge in [0.25, 0.3) is 5.91 Å². The smallest absolute Gasteiger partial charge is 0.335 e. The maximum absolute atomic E-state index is 13.0. The van der Waals surface area contributed by atoms with Crippen molar-refractivity contribution in [2.75, 3.05) is 41.7 Å². The molecule has 0 bridgehead atoms. The molecule has 1 aliphatic heterocycles. The number of benzene rings is 1. The Kier molecular flexibility index (Phi) is 6.95. The summed E-state index contributed by atoms with van der Waals surface area (Å²) in [6, 6.07) is 13.0. The van der Waals surface area contributed by atoms with Crippen LogP contribution in [0.15, 0.2) is 73.3 Å². The van der Waals surface area contributed by atoms with E-state index in [9.17, 15) is 9.59 Å². The molecule has 0 radical (unpaired) electrons. The number of carbonyl (C=O) groups is 2. The van der Waals surface area contributed by atoms with Gasteiger partial charge < -0.3 is 26.0 Å². The summed E-state index contributed by atoms with van der Waals surface area (Å²) < 4.78 is 0. The van der Waals surface area contributed by atoms with Crippen LogP contribution in [0.3, 0.4) is 0 Å². The zero-order valence-electron chi connectivity index (χ0n) is 19.8. The van der Waals surface area contributed by atoms with Crippen molar-refractivity contribution in [1.82, 2.24) is 25.3 Å². The highest BCUT2D eigenvalue weighted by Gasteiger charge is 2.17. The van der Waals surface area contributed by atoms with E-state index in [1.807, 2.05) is 12.1 Å². The predicted molar refractivity (Wildman–Crippen MR) is 139 cm³/mol. The number of hydrogen-bond acceptors (Lipinski definition) is 9. The number of hydrogen-bond donors (Lipinski definition) is 4. The molecule has 0 unspecified atom stereocenters. The van der Waals surface area contributed by atoms with Gasteiger partial charge in [-0.2, -0.15) is 0 Å². The fourth-order valence-electron chi connectivity index (χ4n) is 3.94. The number of rotatable bonds is 7. The summed E-state index contributed by atoms with van der Waals surface area (Å²) in [7, 11) is 0. The van der Waals surface area contributed by atoms with E-state index in [-0.39, 0.29) is 11.5 Å². The van der Waals surface area contributed by atoms with Crippen LogP contribution in [0.5, 0.6) is 0 Å². The highest BCUT2D eigenvalue weighted by atomic mass is 16.4. The first kappa shape index (κ1) is 23.8. The fourth-order valence-corrected chi connectivity index (χ4v) is 3.94. The number of nitrogens with zero attached hydrogens (tertiary/aromatic N) is 5. The average molecular weight is 497 g/mol. The van der Waals surface area contributed by atoms with Crippen LogP contribution in [-0.2, 0) is 0 Å². The van der Waals surface area contributed by atoms with Gasteiger partial charge in [-0.3, -0.25) is 9.78 Å². The minimum Gasteiger partial charge on any atom is -0.478 e. The molecule has 4 aromatic rings. The fraction of sp³-hybridized carbons (Fsp3) is 0.154. The van der Waals surface area contributed by atoms with Crippen molar-refractivity contribution in [3.63, 3.8) is 0 Å². The van der Waals surface area contributed by atoms with Crippen molar-refractivity contribution in [2.24, 2.45) is 0 Å². The van der Waals surface area contributed by atoms with Gasteiger partial charge in [0.2, 0.25) is 0 Å². The third kappa shape index (κ3) is 5.68. The van der Waals surface area contributed by atoms with Crippen molar-refractivity contribution in [3.8, 4) is 11.3 Å². The number of pyridine rings is 2.